The van der Waals surface area contributed by atoms with E-state index in [0.717, 1.165) is 44.7 Å². The van der Waals surface area contributed by atoms with Gasteiger partial charge in [-0.1, -0.05) is 18.5 Å². The monoisotopic (exact) mass is 310 g/mol. The van der Waals surface area contributed by atoms with E-state index in [4.69, 9.17) is 16.3 Å². The van der Waals surface area contributed by atoms with Crippen LogP contribution >= 0.6 is 11.6 Å². The molecule has 1 heterocycles. The van der Waals surface area contributed by atoms with Gasteiger partial charge in [0.05, 0.1) is 12.2 Å². The predicted molar refractivity (Wildman–Crippen MR) is 86.1 cm³/mol. The minimum atomic E-state index is -0.0818. The summed E-state index contributed by atoms with van der Waals surface area (Å²) in [4.78, 5) is 12.4. The Morgan fingerprint density at radius 1 is 1.48 bits per heavy atom. The van der Waals surface area contributed by atoms with E-state index < -0.39 is 0 Å². The summed E-state index contributed by atoms with van der Waals surface area (Å²) < 4.78 is 5.43. The van der Waals surface area contributed by atoms with E-state index in [0.29, 0.717) is 23.0 Å². The minimum absolute atomic E-state index is 0.0818. The zero-order valence-electron chi connectivity index (χ0n) is 12.5. The lowest BCUT2D eigenvalue weighted by Gasteiger charge is -2.22. The summed E-state index contributed by atoms with van der Waals surface area (Å²) in [5.41, 5.74) is 1.44. The van der Waals surface area contributed by atoms with Crippen molar-refractivity contribution in [3.8, 4) is 0 Å². The first-order valence-electron chi connectivity index (χ1n) is 7.60. The van der Waals surface area contributed by atoms with E-state index in [9.17, 15) is 4.79 Å². The Morgan fingerprint density at radius 2 is 2.33 bits per heavy atom. The van der Waals surface area contributed by atoms with E-state index in [1.807, 2.05) is 6.07 Å². The second-order valence-electron chi connectivity index (χ2n) is 5.41. The van der Waals surface area contributed by atoms with Crippen LogP contribution in [0, 0.1) is 5.92 Å². The van der Waals surface area contributed by atoms with Gasteiger partial charge in [-0.05, 0) is 43.4 Å². The number of hydrogen-bond donors (Lipinski definition) is 2. The Kier molecular flexibility index (Phi) is 6.33. The molecular formula is C16H23ClN2O2. The Labute approximate surface area is 131 Å². The highest BCUT2D eigenvalue weighted by Crippen LogP contribution is 2.21. The summed E-state index contributed by atoms with van der Waals surface area (Å²) in [6.07, 6.45) is 3.18. The van der Waals surface area contributed by atoms with Crippen molar-refractivity contribution in [1.82, 2.24) is 5.32 Å². The first-order valence-corrected chi connectivity index (χ1v) is 7.98. The van der Waals surface area contributed by atoms with Crippen LogP contribution in [0.2, 0.25) is 5.02 Å². The topological polar surface area (TPSA) is 50.4 Å². The van der Waals surface area contributed by atoms with Crippen molar-refractivity contribution < 1.29 is 9.53 Å². The fraction of sp³-hybridized carbons (Fsp3) is 0.562. The molecule has 1 saturated heterocycles. The standard InChI is InChI=1S/C16H23ClN2O2/c1-2-7-18-15-6-5-13(17)9-14(15)16(20)19-10-12-4-3-8-21-11-12/h5-6,9,12,18H,2-4,7-8,10-11H2,1H3,(H,19,20). The van der Waals surface area contributed by atoms with Gasteiger partial charge in [-0.3, -0.25) is 4.79 Å². The normalized spacial score (nSPS) is 18.3. The zero-order valence-corrected chi connectivity index (χ0v) is 13.2. The first-order chi connectivity index (χ1) is 10.2. The van der Waals surface area contributed by atoms with Crippen molar-refractivity contribution in [3.05, 3.63) is 28.8 Å². The van der Waals surface area contributed by atoms with E-state index in [1.54, 1.807) is 12.1 Å². The number of anilines is 1. The molecule has 0 bridgehead atoms. The number of halogens is 1. The highest BCUT2D eigenvalue weighted by molar-refractivity contribution is 6.31. The SMILES string of the molecule is CCCNc1ccc(Cl)cc1C(=O)NCC1CCCOC1. The molecule has 0 spiro atoms. The zero-order chi connectivity index (χ0) is 15.1. The molecule has 1 aromatic rings. The van der Waals surface area contributed by atoms with Crippen LogP contribution in [-0.4, -0.2) is 32.2 Å². The molecule has 4 nitrogen and oxygen atoms in total. The molecule has 21 heavy (non-hydrogen) atoms. The van der Waals surface area contributed by atoms with Crippen LogP contribution in [0.5, 0.6) is 0 Å². The van der Waals surface area contributed by atoms with Crippen LogP contribution in [-0.2, 0) is 4.74 Å². The molecule has 116 valence electrons. The van der Waals surface area contributed by atoms with Crippen LogP contribution in [0.15, 0.2) is 18.2 Å². The molecule has 1 aliphatic rings. The molecule has 1 aromatic carbocycles. The summed E-state index contributed by atoms with van der Waals surface area (Å²) in [6.45, 7) is 5.14. The number of hydrogen-bond acceptors (Lipinski definition) is 3. The molecule has 2 rings (SSSR count). The van der Waals surface area contributed by atoms with Crippen molar-refractivity contribution >= 4 is 23.2 Å². The second-order valence-corrected chi connectivity index (χ2v) is 5.85. The molecule has 1 aliphatic heterocycles. The van der Waals surface area contributed by atoms with Gasteiger partial charge in [0, 0.05) is 30.4 Å². The van der Waals surface area contributed by atoms with Gasteiger partial charge in [-0.25, -0.2) is 0 Å². The maximum Gasteiger partial charge on any atom is 0.253 e. The van der Waals surface area contributed by atoms with Gasteiger partial charge in [0.1, 0.15) is 0 Å². The van der Waals surface area contributed by atoms with E-state index in [2.05, 4.69) is 17.6 Å². The van der Waals surface area contributed by atoms with Gasteiger partial charge in [0.25, 0.3) is 5.91 Å². The number of carbonyl (C=O) groups is 1. The smallest absolute Gasteiger partial charge is 0.253 e. The van der Waals surface area contributed by atoms with Crippen molar-refractivity contribution in [2.45, 2.75) is 26.2 Å². The Balaban J connectivity index is 1.97. The summed E-state index contributed by atoms with van der Waals surface area (Å²) in [5, 5.41) is 6.83. The average molecular weight is 311 g/mol. The Hall–Kier alpha value is -1.26. The van der Waals surface area contributed by atoms with Crippen molar-refractivity contribution in [1.29, 1.82) is 0 Å². The average Bonchev–Trinajstić information content (AvgIpc) is 2.52. The number of amides is 1. The third-order valence-electron chi connectivity index (χ3n) is 3.60. The molecule has 1 fully saturated rings. The summed E-state index contributed by atoms with van der Waals surface area (Å²) in [7, 11) is 0. The highest BCUT2D eigenvalue weighted by Gasteiger charge is 2.17. The number of ether oxygens (including phenoxy) is 1. The lowest BCUT2D eigenvalue weighted by molar-refractivity contribution is 0.0536. The van der Waals surface area contributed by atoms with Crippen molar-refractivity contribution in [2.24, 2.45) is 5.92 Å². The molecule has 0 aromatic heterocycles. The summed E-state index contributed by atoms with van der Waals surface area (Å²) in [5.74, 6) is 0.329. The molecule has 2 N–H and O–H groups in total. The fourth-order valence-corrected chi connectivity index (χ4v) is 2.59. The molecule has 1 amide bonds. The minimum Gasteiger partial charge on any atom is -0.384 e. The number of benzene rings is 1. The number of rotatable bonds is 6. The largest absolute Gasteiger partial charge is 0.384 e. The van der Waals surface area contributed by atoms with Crippen LogP contribution in [0.1, 0.15) is 36.5 Å². The van der Waals surface area contributed by atoms with Gasteiger partial charge < -0.3 is 15.4 Å². The van der Waals surface area contributed by atoms with Gasteiger partial charge in [-0.2, -0.15) is 0 Å². The third kappa shape index (κ3) is 4.90. The van der Waals surface area contributed by atoms with Gasteiger partial charge in [0.15, 0.2) is 0 Å². The number of carbonyl (C=O) groups excluding carboxylic acids is 1. The predicted octanol–water partition coefficient (Wildman–Crippen LogP) is 3.32. The van der Waals surface area contributed by atoms with Crippen LogP contribution in [0.25, 0.3) is 0 Å². The Bertz CT molecular complexity index is 473. The lowest BCUT2D eigenvalue weighted by Crippen LogP contribution is -2.33. The maximum atomic E-state index is 12.4. The number of nitrogens with one attached hydrogen (secondary N) is 2. The van der Waals surface area contributed by atoms with Crippen LogP contribution in [0.3, 0.4) is 0 Å². The second kappa shape index (κ2) is 8.25. The molecule has 0 saturated carbocycles. The molecular weight excluding hydrogens is 288 g/mol. The quantitative estimate of drug-likeness (QED) is 0.847. The molecule has 0 aliphatic carbocycles. The fourth-order valence-electron chi connectivity index (χ4n) is 2.42. The van der Waals surface area contributed by atoms with E-state index >= 15 is 0 Å². The molecule has 5 heteroatoms. The maximum absolute atomic E-state index is 12.4. The molecule has 1 unspecified atom stereocenters. The highest BCUT2D eigenvalue weighted by atomic mass is 35.5. The third-order valence-corrected chi connectivity index (χ3v) is 3.83. The van der Waals surface area contributed by atoms with Crippen molar-refractivity contribution in [3.63, 3.8) is 0 Å². The van der Waals surface area contributed by atoms with E-state index in [1.165, 1.54) is 0 Å². The van der Waals surface area contributed by atoms with E-state index in [-0.39, 0.29) is 5.91 Å². The lowest BCUT2D eigenvalue weighted by atomic mass is 10.0. The molecule has 1 atom stereocenters. The van der Waals surface area contributed by atoms with Crippen molar-refractivity contribution in [2.75, 3.05) is 31.6 Å². The summed E-state index contributed by atoms with van der Waals surface area (Å²) >= 11 is 6.02. The van der Waals surface area contributed by atoms with Gasteiger partial charge >= 0.3 is 0 Å². The first kappa shape index (κ1) is 16.1. The van der Waals surface area contributed by atoms with Gasteiger partial charge in [0.2, 0.25) is 0 Å². The van der Waals surface area contributed by atoms with Gasteiger partial charge in [-0.15, -0.1) is 0 Å². The molecule has 0 radical (unpaired) electrons. The van der Waals surface area contributed by atoms with Crippen LogP contribution in [0.4, 0.5) is 5.69 Å². The summed E-state index contributed by atoms with van der Waals surface area (Å²) in [6, 6.07) is 5.37. The van der Waals surface area contributed by atoms with Crippen LogP contribution < -0.4 is 10.6 Å². The Morgan fingerprint density at radius 3 is 3.05 bits per heavy atom.